The van der Waals surface area contributed by atoms with Crippen molar-refractivity contribution in [3.8, 4) is 0 Å². The largest absolute Gasteiger partial charge is 0.462 e. The fourth-order valence-corrected chi connectivity index (χ4v) is 6.79. The molecule has 5 aliphatic rings. The fraction of sp³-hybridized carbons (Fsp3) is 0.850. The van der Waals surface area contributed by atoms with Crippen LogP contribution in [0.15, 0.2) is 11.8 Å². The van der Waals surface area contributed by atoms with E-state index >= 15 is 0 Å². The number of rotatable bonds is 3. The molecule has 5 rings (SSSR count). The molecule has 4 fully saturated rings. The minimum absolute atomic E-state index is 0.0617. The topological polar surface area (TPSA) is 44.8 Å². The third-order valence-corrected chi connectivity index (χ3v) is 8.25. The Morgan fingerprint density at radius 2 is 2.29 bits per heavy atom. The van der Waals surface area contributed by atoms with Crippen LogP contribution < -0.4 is 0 Å². The highest BCUT2D eigenvalue weighted by Gasteiger charge is 2.74. The Kier molecular flexibility index (Phi) is 3.03. The summed E-state index contributed by atoms with van der Waals surface area (Å²) < 4.78 is 18.1. The van der Waals surface area contributed by atoms with Crippen LogP contribution in [0.3, 0.4) is 0 Å². The second-order valence-electron chi connectivity index (χ2n) is 9.04. The van der Waals surface area contributed by atoms with Crippen LogP contribution in [0.2, 0.25) is 0 Å². The molecule has 0 unspecified atom stereocenters. The number of esters is 1. The normalized spacial score (nSPS) is 51.6. The van der Waals surface area contributed by atoms with Gasteiger partial charge < -0.3 is 14.2 Å². The van der Waals surface area contributed by atoms with Crippen LogP contribution in [0.5, 0.6) is 0 Å². The summed E-state index contributed by atoms with van der Waals surface area (Å²) >= 11 is 0. The number of carbonyl (C=O) groups excluding carboxylic acids is 1. The Labute approximate surface area is 143 Å². The molecule has 0 amide bonds. The molecule has 3 bridgehead atoms. The Balaban J connectivity index is 1.52. The van der Waals surface area contributed by atoms with Gasteiger partial charge in [0.25, 0.3) is 0 Å². The van der Waals surface area contributed by atoms with E-state index in [0.29, 0.717) is 17.3 Å². The Hall–Kier alpha value is -1.03. The van der Waals surface area contributed by atoms with E-state index in [1.807, 2.05) is 20.1 Å². The Bertz CT molecular complexity index is 613. The summed E-state index contributed by atoms with van der Waals surface area (Å²) in [5, 5.41) is 0. The van der Waals surface area contributed by atoms with Crippen LogP contribution in [0.4, 0.5) is 0 Å². The summed E-state index contributed by atoms with van der Waals surface area (Å²) in [7, 11) is 0. The van der Waals surface area contributed by atoms with Crippen LogP contribution >= 0.6 is 0 Å². The molecule has 0 aromatic carbocycles. The van der Waals surface area contributed by atoms with Crippen LogP contribution in [-0.2, 0) is 19.0 Å². The van der Waals surface area contributed by atoms with Crippen molar-refractivity contribution in [2.24, 2.45) is 34.5 Å². The first-order valence-electron chi connectivity index (χ1n) is 9.68. The quantitative estimate of drug-likeness (QED) is 0.740. The van der Waals surface area contributed by atoms with Gasteiger partial charge in [0.15, 0.2) is 0 Å². The molecule has 0 radical (unpaired) electrons. The predicted molar refractivity (Wildman–Crippen MR) is 87.7 cm³/mol. The lowest BCUT2D eigenvalue weighted by molar-refractivity contribution is -0.198. The highest BCUT2D eigenvalue weighted by atomic mass is 16.7. The molecule has 1 spiro atoms. The van der Waals surface area contributed by atoms with Gasteiger partial charge in [-0.05, 0) is 49.4 Å². The van der Waals surface area contributed by atoms with Crippen LogP contribution in [0, 0.1) is 34.5 Å². The van der Waals surface area contributed by atoms with E-state index in [1.165, 1.54) is 18.4 Å². The van der Waals surface area contributed by atoms with Gasteiger partial charge >= 0.3 is 5.97 Å². The molecule has 1 saturated heterocycles. The SMILES string of the molecule is CC[C@H](C)C(=O)O[C@@H]1OC=C2[C@@H]3C[C@@H]4C[C@]25[C@@H]1CC[C@H]5[C@]4(C)CO3. The van der Waals surface area contributed by atoms with Gasteiger partial charge in [-0.1, -0.05) is 20.8 Å². The molecule has 4 nitrogen and oxygen atoms in total. The molecule has 2 heterocycles. The van der Waals surface area contributed by atoms with Gasteiger partial charge in [0.05, 0.1) is 24.9 Å². The standard InChI is InChI=1S/C20H28O4/c1-4-11(2)17(21)24-18-13-5-6-16-19(3)10-23-15-7-12(19)8-20(13,16)14(15)9-22-18/h9,11-13,15-16,18H,4-8,10H2,1-3H3/t11-,12+,13+,15-,16-,18-,19+,20-/m0/s1. The van der Waals surface area contributed by atoms with Crippen molar-refractivity contribution in [2.75, 3.05) is 6.61 Å². The number of ether oxygens (including phenoxy) is 3. The highest BCUT2D eigenvalue weighted by molar-refractivity contribution is 5.72. The molecule has 3 saturated carbocycles. The first-order valence-corrected chi connectivity index (χ1v) is 9.68. The number of hydrogen-bond donors (Lipinski definition) is 0. The van der Waals surface area contributed by atoms with Crippen LogP contribution in [0.1, 0.15) is 52.9 Å². The van der Waals surface area contributed by atoms with Crippen molar-refractivity contribution in [1.82, 2.24) is 0 Å². The molecule has 0 aromatic rings. The predicted octanol–water partition coefficient (Wildman–Crippen LogP) is 3.66. The third kappa shape index (κ3) is 1.61. The molecule has 2 aliphatic heterocycles. The summed E-state index contributed by atoms with van der Waals surface area (Å²) in [5.74, 6) is 1.55. The van der Waals surface area contributed by atoms with Crippen molar-refractivity contribution >= 4 is 5.97 Å². The molecular formula is C20H28O4. The smallest absolute Gasteiger partial charge is 0.311 e. The molecule has 4 heteroatoms. The minimum atomic E-state index is -0.403. The molecule has 24 heavy (non-hydrogen) atoms. The minimum Gasteiger partial charge on any atom is -0.462 e. The van der Waals surface area contributed by atoms with E-state index in [4.69, 9.17) is 14.2 Å². The maximum atomic E-state index is 12.3. The zero-order valence-electron chi connectivity index (χ0n) is 14.9. The lowest BCUT2D eigenvalue weighted by Crippen LogP contribution is -2.48. The maximum absolute atomic E-state index is 12.3. The first kappa shape index (κ1) is 15.2. The number of hydrogen-bond acceptors (Lipinski definition) is 4. The fourth-order valence-electron chi connectivity index (χ4n) is 6.79. The molecule has 132 valence electrons. The summed E-state index contributed by atoms with van der Waals surface area (Å²) in [6.07, 6.45) is 7.26. The van der Waals surface area contributed by atoms with Gasteiger partial charge in [-0.15, -0.1) is 0 Å². The second-order valence-corrected chi connectivity index (χ2v) is 9.04. The number of carbonyl (C=O) groups is 1. The lowest BCUT2D eigenvalue weighted by atomic mass is 9.62. The summed E-state index contributed by atoms with van der Waals surface area (Å²) in [4.78, 5) is 12.3. The maximum Gasteiger partial charge on any atom is 0.311 e. The summed E-state index contributed by atoms with van der Waals surface area (Å²) in [6, 6.07) is 0. The van der Waals surface area contributed by atoms with Gasteiger partial charge in [-0.2, -0.15) is 0 Å². The van der Waals surface area contributed by atoms with E-state index in [-0.39, 0.29) is 23.4 Å². The second kappa shape index (κ2) is 4.78. The Morgan fingerprint density at radius 1 is 1.46 bits per heavy atom. The Morgan fingerprint density at radius 3 is 3.08 bits per heavy atom. The molecule has 0 aromatic heterocycles. The van der Waals surface area contributed by atoms with Crippen LogP contribution in [0.25, 0.3) is 0 Å². The van der Waals surface area contributed by atoms with Crippen LogP contribution in [-0.4, -0.2) is 25.0 Å². The zero-order valence-corrected chi connectivity index (χ0v) is 14.9. The molecule has 3 aliphatic carbocycles. The van der Waals surface area contributed by atoms with Crippen molar-refractivity contribution in [1.29, 1.82) is 0 Å². The van der Waals surface area contributed by atoms with Crippen molar-refractivity contribution in [2.45, 2.75) is 65.3 Å². The zero-order chi connectivity index (χ0) is 16.7. The summed E-state index contributed by atoms with van der Waals surface area (Å²) in [6.45, 7) is 7.28. The summed E-state index contributed by atoms with van der Waals surface area (Å²) in [5.41, 5.74) is 1.84. The van der Waals surface area contributed by atoms with E-state index in [1.54, 1.807) is 0 Å². The van der Waals surface area contributed by atoms with Gasteiger partial charge in [0, 0.05) is 16.9 Å². The van der Waals surface area contributed by atoms with E-state index < -0.39 is 6.29 Å². The molecular weight excluding hydrogens is 304 g/mol. The third-order valence-electron chi connectivity index (χ3n) is 8.25. The van der Waals surface area contributed by atoms with E-state index in [0.717, 1.165) is 31.8 Å². The number of fused-ring (bicyclic) bond motifs is 3. The van der Waals surface area contributed by atoms with Gasteiger partial charge in [0.1, 0.15) is 0 Å². The monoisotopic (exact) mass is 332 g/mol. The van der Waals surface area contributed by atoms with Gasteiger partial charge in [-0.3, -0.25) is 4.79 Å². The van der Waals surface area contributed by atoms with Crippen molar-refractivity contribution in [3.63, 3.8) is 0 Å². The van der Waals surface area contributed by atoms with E-state index in [9.17, 15) is 4.79 Å². The van der Waals surface area contributed by atoms with Crippen molar-refractivity contribution in [3.05, 3.63) is 11.8 Å². The van der Waals surface area contributed by atoms with Crippen molar-refractivity contribution < 1.29 is 19.0 Å². The molecule has 8 atom stereocenters. The van der Waals surface area contributed by atoms with E-state index in [2.05, 4.69) is 6.92 Å². The highest BCUT2D eigenvalue weighted by Crippen LogP contribution is 2.76. The lowest BCUT2D eigenvalue weighted by Gasteiger charge is -2.49. The first-order chi connectivity index (χ1) is 11.5. The molecule has 0 N–H and O–H groups in total. The van der Waals surface area contributed by atoms with Gasteiger partial charge in [-0.25, -0.2) is 0 Å². The van der Waals surface area contributed by atoms with Gasteiger partial charge in [0.2, 0.25) is 6.29 Å². The average molecular weight is 332 g/mol. The average Bonchev–Trinajstić information content (AvgIpc) is 3.02.